The van der Waals surface area contributed by atoms with Gasteiger partial charge in [0.1, 0.15) is 0 Å². The minimum atomic E-state index is -0.196. The van der Waals surface area contributed by atoms with Crippen molar-refractivity contribution in [3.05, 3.63) is 35.9 Å². The summed E-state index contributed by atoms with van der Waals surface area (Å²) in [4.78, 5) is 32.9. The topological polar surface area (TPSA) is 65.6 Å². The number of nitrogens with zero attached hydrogens (tertiary/aromatic N) is 4. The largest absolute Gasteiger partial charge is 0.469 e. The Bertz CT molecular complexity index is 807. The van der Waals surface area contributed by atoms with Crippen molar-refractivity contribution in [3.8, 4) is 0 Å². The smallest absolute Gasteiger partial charge is 0.411 e. The van der Waals surface area contributed by atoms with Gasteiger partial charge in [-0.2, -0.15) is 0 Å². The van der Waals surface area contributed by atoms with Gasteiger partial charge in [-0.05, 0) is 63.2 Å². The number of piperazine rings is 1. The quantitative estimate of drug-likeness (QED) is 0.471. The molecule has 0 aliphatic carbocycles. The van der Waals surface area contributed by atoms with Crippen molar-refractivity contribution in [3.63, 3.8) is 0 Å². The van der Waals surface area contributed by atoms with Gasteiger partial charge in [0.15, 0.2) is 6.23 Å². The molecule has 8 nitrogen and oxygen atoms in total. The van der Waals surface area contributed by atoms with Crippen LogP contribution in [0, 0.1) is 5.92 Å². The summed E-state index contributed by atoms with van der Waals surface area (Å²) < 4.78 is 10.6. The fourth-order valence-electron chi connectivity index (χ4n) is 5.72. The number of carbonyl (C=O) groups excluding carboxylic acids is 2. The average molecular weight is 487 g/mol. The molecule has 0 aromatic heterocycles. The van der Waals surface area contributed by atoms with Gasteiger partial charge in [-0.3, -0.25) is 14.6 Å². The maximum absolute atomic E-state index is 12.4. The van der Waals surface area contributed by atoms with Crippen LogP contribution in [0.3, 0.4) is 0 Å². The number of amides is 1. The SMILES string of the molecule is COC(=O)CCCN1CCN(C2OC(=O)N(C)C2CCC2CCN(Cc3ccccc3)CC2)CC1. The lowest BCUT2D eigenvalue weighted by atomic mass is 9.90. The summed E-state index contributed by atoms with van der Waals surface area (Å²) in [6, 6.07) is 10.8. The third-order valence-electron chi connectivity index (χ3n) is 8.01. The zero-order valence-corrected chi connectivity index (χ0v) is 21.4. The standard InChI is InChI=1S/C27H42N4O4/c1-28-24(11-10-22-12-15-30(16-13-22)21-23-7-4-3-5-8-23)26(35-27(28)33)31-19-17-29(18-20-31)14-6-9-25(32)34-2/h3-5,7-8,22,24,26H,6,9-21H2,1-2H3. The molecule has 0 spiro atoms. The molecule has 0 saturated carbocycles. The van der Waals surface area contributed by atoms with E-state index in [0.29, 0.717) is 6.42 Å². The third kappa shape index (κ3) is 7.18. The summed E-state index contributed by atoms with van der Waals surface area (Å²) in [7, 11) is 3.32. The van der Waals surface area contributed by atoms with E-state index in [-0.39, 0.29) is 24.3 Å². The number of rotatable bonds is 10. The lowest BCUT2D eigenvalue weighted by molar-refractivity contribution is -0.140. The van der Waals surface area contributed by atoms with Crippen molar-refractivity contribution in [2.24, 2.45) is 5.92 Å². The molecule has 1 amide bonds. The fourth-order valence-corrected chi connectivity index (χ4v) is 5.72. The van der Waals surface area contributed by atoms with Gasteiger partial charge in [0.25, 0.3) is 0 Å². The molecular formula is C27H42N4O4. The maximum Gasteiger partial charge on any atom is 0.411 e. The number of likely N-dealkylation sites (tertiary alicyclic amines) is 1. The van der Waals surface area contributed by atoms with Gasteiger partial charge < -0.3 is 19.3 Å². The Kier molecular flexibility index (Phi) is 9.40. The van der Waals surface area contributed by atoms with Crippen LogP contribution in [-0.4, -0.2) is 104 Å². The fraction of sp³-hybridized carbons (Fsp3) is 0.704. The summed E-state index contributed by atoms with van der Waals surface area (Å²) in [5, 5.41) is 0. The monoisotopic (exact) mass is 486 g/mol. The molecule has 2 atom stereocenters. The first kappa shape index (κ1) is 25.9. The second-order valence-electron chi connectivity index (χ2n) is 10.3. The number of methoxy groups -OCH3 is 1. The highest BCUT2D eigenvalue weighted by Gasteiger charge is 2.43. The Morgan fingerprint density at radius 3 is 2.40 bits per heavy atom. The summed E-state index contributed by atoms with van der Waals surface area (Å²) >= 11 is 0. The molecule has 35 heavy (non-hydrogen) atoms. The normalized spacial score (nSPS) is 25.1. The van der Waals surface area contributed by atoms with Gasteiger partial charge in [0, 0.05) is 46.2 Å². The zero-order valence-electron chi connectivity index (χ0n) is 21.4. The Hall–Kier alpha value is -2.16. The molecule has 1 aromatic rings. The van der Waals surface area contributed by atoms with Crippen LogP contribution in [0.5, 0.6) is 0 Å². The van der Waals surface area contributed by atoms with E-state index in [1.54, 1.807) is 0 Å². The number of hydrogen-bond donors (Lipinski definition) is 0. The maximum atomic E-state index is 12.4. The molecule has 0 radical (unpaired) electrons. The number of hydrogen-bond acceptors (Lipinski definition) is 7. The second kappa shape index (κ2) is 12.7. The van der Waals surface area contributed by atoms with Crippen molar-refractivity contribution >= 4 is 12.1 Å². The minimum Gasteiger partial charge on any atom is -0.469 e. The number of piperidine rings is 1. The summed E-state index contributed by atoms with van der Waals surface area (Å²) in [6.07, 6.45) is 5.54. The van der Waals surface area contributed by atoms with Crippen LogP contribution < -0.4 is 0 Å². The van der Waals surface area contributed by atoms with Crippen molar-refractivity contribution in [1.29, 1.82) is 0 Å². The predicted octanol–water partition coefficient (Wildman–Crippen LogP) is 3.03. The number of ether oxygens (including phenoxy) is 2. The van der Waals surface area contributed by atoms with Gasteiger partial charge in [-0.25, -0.2) is 4.79 Å². The molecule has 194 valence electrons. The van der Waals surface area contributed by atoms with E-state index < -0.39 is 0 Å². The van der Waals surface area contributed by atoms with E-state index in [0.717, 1.165) is 77.5 Å². The van der Waals surface area contributed by atoms with Crippen LogP contribution in [-0.2, 0) is 20.8 Å². The molecule has 3 aliphatic heterocycles. The first-order valence-corrected chi connectivity index (χ1v) is 13.3. The van der Waals surface area contributed by atoms with Crippen molar-refractivity contribution < 1.29 is 19.1 Å². The van der Waals surface area contributed by atoms with E-state index in [4.69, 9.17) is 9.47 Å². The molecular weight excluding hydrogens is 444 g/mol. The zero-order chi connectivity index (χ0) is 24.6. The van der Waals surface area contributed by atoms with Crippen LogP contribution >= 0.6 is 0 Å². The van der Waals surface area contributed by atoms with E-state index in [1.807, 2.05) is 11.9 Å². The van der Waals surface area contributed by atoms with Gasteiger partial charge in [-0.1, -0.05) is 30.3 Å². The van der Waals surface area contributed by atoms with Crippen LogP contribution in [0.25, 0.3) is 0 Å². The first-order valence-electron chi connectivity index (χ1n) is 13.3. The Balaban J connectivity index is 1.20. The van der Waals surface area contributed by atoms with Crippen LogP contribution in [0.1, 0.15) is 44.1 Å². The Labute approximate surface area is 210 Å². The van der Waals surface area contributed by atoms with Gasteiger partial charge in [0.05, 0.1) is 13.2 Å². The van der Waals surface area contributed by atoms with Gasteiger partial charge in [0.2, 0.25) is 0 Å². The number of carbonyl (C=O) groups is 2. The molecule has 3 heterocycles. The summed E-state index contributed by atoms with van der Waals surface area (Å²) in [5.74, 6) is 0.577. The molecule has 2 unspecified atom stereocenters. The second-order valence-corrected chi connectivity index (χ2v) is 10.3. The number of cyclic esters (lactones) is 1. The summed E-state index contributed by atoms with van der Waals surface area (Å²) in [5.41, 5.74) is 1.39. The first-order chi connectivity index (χ1) is 17.0. The number of benzene rings is 1. The molecule has 3 saturated heterocycles. The molecule has 3 aliphatic rings. The predicted molar refractivity (Wildman–Crippen MR) is 135 cm³/mol. The van der Waals surface area contributed by atoms with Gasteiger partial charge >= 0.3 is 12.1 Å². The highest BCUT2D eigenvalue weighted by molar-refractivity contribution is 5.70. The van der Waals surface area contributed by atoms with Crippen LogP contribution in [0.15, 0.2) is 30.3 Å². The lowest BCUT2D eigenvalue weighted by Crippen LogP contribution is -2.54. The molecule has 3 fully saturated rings. The third-order valence-corrected chi connectivity index (χ3v) is 8.01. The average Bonchev–Trinajstić information content (AvgIpc) is 3.17. The van der Waals surface area contributed by atoms with Crippen molar-refractivity contribution in [1.82, 2.24) is 19.6 Å². The van der Waals surface area contributed by atoms with E-state index in [9.17, 15) is 9.59 Å². The molecule has 4 rings (SSSR count). The van der Waals surface area contributed by atoms with E-state index in [1.165, 1.54) is 25.5 Å². The molecule has 0 bridgehead atoms. The summed E-state index contributed by atoms with van der Waals surface area (Å²) in [6.45, 7) is 7.89. The molecule has 0 N–H and O–H groups in total. The molecule has 8 heteroatoms. The van der Waals surface area contributed by atoms with E-state index in [2.05, 4.69) is 45.0 Å². The molecule has 1 aromatic carbocycles. The minimum absolute atomic E-state index is 0.121. The van der Waals surface area contributed by atoms with E-state index >= 15 is 0 Å². The highest BCUT2D eigenvalue weighted by Crippen LogP contribution is 2.30. The highest BCUT2D eigenvalue weighted by atomic mass is 16.6. The number of likely N-dealkylation sites (N-methyl/N-ethyl adjacent to an activating group) is 1. The van der Waals surface area contributed by atoms with Crippen molar-refractivity contribution in [2.75, 3.05) is 60.0 Å². The Morgan fingerprint density at radius 1 is 1.00 bits per heavy atom. The lowest BCUT2D eigenvalue weighted by Gasteiger charge is -2.39. The van der Waals surface area contributed by atoms with Crippen LogP contribution in [0.2, 0.25) is 0 Å². The Morgan fingerprint density at radius 2 is 1.71 bits per heavy atom. The van der Waals surface area contributed by atoms with Gasteiger partial charge in [-0.15, -0.1) is 0 Å². The number of esters is 1. The van der Waals surface area contributed by atoms with Crippen molar-refractivity contribution in [2.45, 2.75) is 57.3 Å². The van der Waals surface area contributed by atoms with Crippen LogP contribution in [0.4, 0.5) is 4.79 Å².